The molecule has 0 saturated carbocycles. The Morgan fingerprint density at radius 1 is 1.17 bits per heavy atom. The molecule has 0 saturated heterocycles. The van der Waals surface area contributed by atoms with E-state index >= 15 is 0 Å². The molecular weight excluding hydrogens is 247 g/mol. The first-order valence-corrected chi connectivity index (χ1v) is 6.83. The fourth-order valence-electron chi connectivity index (χ4n) is 1.64. The van der Waals surface area contributed by atoms with Crippen molar-refractivity contribution in [3.8, 4) is 0 Å². The maximum atomic E-state index is 12.9. The van der Waals surface area contributed by atoms with Gasteiger partial charge in [0.1, 0.15) is 5.82 Å². The molecule has 2 nitrogen and oxygen atoms in total. The highest BCUT2D eigenvalue weighted by Crippen LogP contribution is 2.20. The van der Waals surface area contributed by atoms with Crippen LogP contribution in [0.2, 0.25) is 0 Å². The summed E-state index contributed by atoms with van der Waals surface area (Å²) in [5, 5.41) is 3.20. The summed E-state index contributed by atoms with van der Waals surface area (Å²) in [5.41, 5.74) is 8.07. The molecule has 4 heteroatoms. The average Bonchev–Trinajstić information content (AvgIpc) is 2.38. The summed E-state index contributed by atoms with van der Waals surface area (Å²) < 4.78 is 12.9. The molecule has 18 heavy (non-hydrogen) atoms. The lowest BCUT2D eigenvalue weighted by Gasteiger charge is -2.09. The van der Waals surface area contributed by atoms with E-state index < -0.39 is 0 Å². The first-order valence-electron chi connectivity index (χ1n) is 5.61. The third-order valence-electron chi connectivity index (χ3n) is 2.66. The van der Waals surface area contributed by atoms with Crippen LogP contribution in [0.1, 0.15) is 5.56 Å². The molecule has 0 unspecified atom stereocenters. The zero-order valence-corrected chi connectivity index (χ0v) is 10.9. The molecule has 2 aromatic carbocycles. The Hall–Kier alpha value is -1.68. The molecule has 3 N–H and O–H groups in total. The second-order valence-electron chi connectivity index (χ2n) is 3.93. The standard InChI is InChI=1S/C14H15FN2S/c1-18-12-5-2-10(3-6-12)9-17-14-7-4-11(15)8-13(14)16/h2-8,17H,9,16H2,1H3. The number of nitrogens with one attached hydrogen (secondary N) is 1. The van der Waals surface area contributed by atoms with E-state index in [2.05, 4.69) is 29.6 Å². The Morgan fingerprint density at radius 3 is 2.50 bits per heavy atom. The van der Waals surface area contributed by atoms with E-state index in [0.29, 0.717) is 12.2 Å². The van der Waals surface area contributed by atoms with Crippen LogP contribution in [0.15, 0.2) is 47.4 Å². The van der Waals surface area contributed by atoms with Gasteiger partial charge in [-0.25, -0.2) is 4.39 Å². The maximum absolute atomic E-state index is 12.9. The number of anilines is 2. The summed E-state index contributed by atoms with van der Waals surface area (Å²) in [6.45, 7) is 0.671. The van der Waals surface area contributed by atoms with Gasteiger partial charge in [0.05, 0.1) is 11.4 Å². The van der Waals surface area contributed by atoms with Crippen LogP contribution in [-0.2, 0) is 6.54 Å². The van der Waals surface area contributed by atoms with Crippen molar-refractivity contribution in [3.63, 3.8) is 0 Å². The van der Waals surface area contributed by atoms with E-state index in [1.165, 1.54) is 17.0 Å². The molecule has 94 valence electrons. The van der Waals surface area contributed by atoms with Crippen molar-refractivity contribution in [1.29, 1.82) is 0 Å². The molecule has 0 heterocycles. The quantitative estimate of drug-likeness (QED) is 0.651. The van der Waals surface area contributed by atoms with Gasteiger partial charge in [0.25, 0.3) is 0 Å². The van der Waals surface area contributed by atoms with Gasteiger partial charge in [-0.2, -0.15) is 0 Å². The molecule has 0 aliphatic carbocycles. The molecule has 2 rings (SSSR count). The molecule has 0 bridgehead atoms. The van der Waals surface area contributed by atoms with Gasteiger partial charge in [-0.05, 0) is 42.2 Å². The Morgan fingerprint density at radius 2 is 1.89 bits per heavy atom. The topological polar surface area (TPSA) is 38.0 Å². The number of halogens is 1. The SMILES string of the molecule is CSc1ccc(CNc2ccc(F)cc2N)cc1. The van der Waals surface area contributed by atoms with E-state index in [4.69, 9.17) is 5.73 Å². The van der Waals surface area contributed by atoms with Crippen molar-refractivity contribution in [2.45, 2.75) is 11.4 Å². The largest absolute Gasteiger partial charge is 0.397 e. The lowest BCUT2D eigenvalue weighted by molar-refractivity contribution is 0.628. The highest BCUT2D eigenvalue weighted by Gasteiger charge is 2.00. The van der Waals surface area contributed by atoms with Crippen LogP contribution in [0.25, 0.3) is 0 Å². The fraction of sp³-hybridized carbons (Fsp3) is 0.143. The smallest absolute Gasteiger partial charge is 0.125 e. The number of benzene rings is 2. The molecule has 2 aromatic rings. The van der Waals surface area contributed by atoms with E-state index in [1.807, 2.05) is 6.26 Å². The second-order valence-corrected chi connectivity index (χ2v) is 4.81. The van der Waals surface area contributed by atoms with Gasteiger partial charge in [-0.15, -0.1) is 11.8 Å². The molecule has 0 aliphatic rings. The van der Waals surface area contributed by atoms with Crippen LogP contribution in [0.5, 0.6) is 0 Å². The minimum absolute atomic E-state index is 0.317. The van der Waals surface area contributed by atoms with Gasteiger partial charge < -0.3 is 11.1 Å². The normalized spacial score (nSPS) is 10.3. The van der Waals surface area contributed by atoms with Gasteiger partial charge in [0.15, 0.2) is 0 Å². The van der Waals surface area contributed by atoms with Crippen molar-refractivity contribution >= 4 is 23.1 Å². The van der Waals surface area contributed by atoms with Crippen LogP contribution in [0.4, 0.5) is 15.8 Å². The van der Waals surface area contributed by atoms with Crippen molar-refractivity contribution in [2.75, 3.05) is 17.3 Å². The molecule has 0 amide bonds. The van der Waals surface area contributed by atoms with E-state index in [9.17, 15) is 4.39 Å². The van der Waals surface area contributed by atoms with Crippen molar-refractivity contribution in [1.82, 2.24) is 0 Å². The number of rotatable bonds is 4. The number of thioether (sulfide) groups is 1. The fourth-order valence-corrected chi connectivity index (χ4v) is 2.04. The minimum Gasteiger partial charge on any atom is -0.397 e. The second kappa shape index (κ2) is 5.78. The number of hydrogen-bond donors (Lipinski definition) is 2. The molecular formula is C14H15FN2S. The van der Waals surface area contributed by atoms with Crippen LogP contribution in [0, 0.1) is 5.82 Å². The van der Waals surface area contributed by atoms with Gasteiger partial charge in [-0.3, -0.25) is 0 Å². The van der Waals surface area contributed by atoms with Gasteiger partial charge in [-0.1, -0.05) is 12.1 Å². The predicted molar refractivity (Wildman–Crippen MR) is 76.4 cm³/mol. The van der Waals surface area contributed by atoms with Crippen LogP contribution >= 0.6 is 11.8 Å². The zero-order chi connectivity index (χ0) is 13.0. The van der Waals surface area contributed by atoms with E-state index in [-0.39, 0.29) is 5.82 Å². The monoisotopic (exact) mass is 262 g/mol. The van der Waals surface area contributed by atoms with Crippen LogP contribution in [0.3, 0.4) is 0 Å². The molecule has 0 spiro atoms. The van der Waals surface area contributed by atoms with Gasteiger partial charge in [0.2, 0.25) is 0 Å². The Bertz CT molecular complexity index is 526. The summed E-state index contributed by atoms with van der Waals surface area (Å²) in [7, 11) is 0. The summed E-state index contributed by atoms with van der Waals surface area (Å²) in [4.78, 5) is 1.24. The predicted octanol–water partition coefficient (Wildman–Crippen LogP) is 3.74. The molecule has 0 atom stereocenters. The van der Waals surface area contributed by atoms with E-state index in [0.717, 1.165) is 11.3 Å². The molecule has 0 fully saturated rings. The van der Waals surface area contributed by atoms with E-state index in [1.54, 1.807) is 17.8 Å². The highest BCUT2D eigenvalue weighted by molar-refractivity contribution is 7.98. The first kappa shape index (κ1) is 12.8. The number of nitrogens with two attached hydrogens (primary N) is 1. The van der Waals surface area contributed by atoms with Crippen LogP contribution < -0.4 is 11.1 Å². The summed E-state index contributed by atoms with van der Waals surface area (Å²) >= 11 is 1.71. The highest BCUT2D eigenvalue weighted by atomic mass is 32.2. The average molecular weight is 262 g/mol. The molecule has 0 aliphatic heterocycles. The summed E-state index contributed by atoms with van der Waals surface area (Å²) in [6, 6.07) is 12.7. The molecule has 0 aromatic heterocycles. The summed E-state index contributed by atoms with van der Waals surface area (Å²) in [6.07, 6.45) is 2.05. The number of hydrogen-bond acceptors (Lipinski definition) is 3. The minimum atomic E-state index is -0.317. The van der Waals surface area contributed by atoms with Crippen LogP contribution in [-0.4, -0.2) is 6.26 Å². The lowest BCUT2D eigenvalue weighted by Crippen LogP contribution is -2.02. The van der Waals surface area contributed by atoms with Gasteiger partial charge in [0, 0.05) is 11.4 Å². The Balaban J connectivity index is 2.02. The molecule has 0 radical (unpaired) electrons. The number of nitrogen functional groups attached to an aromatic ring is 1. The van der Waals surface area contributed by atoms with Crippen molar-refractivity contribution in [3.05, 3.63) is 53.8 Å². The van der Waals surface area contributed by atoms with Crippen molar-refractivity contribution < 1.29 is 4.39 Å². The maximum Gasteiger partial charge on any atom is 0.125 e. The van der Waals surface area contributed by atoms with Crippen molar-refractivity contribution in [2.24, 2.45) is 0 Å². The lowest BCUT2D eigenvalue weighted by atomic mass is 10.2. The Kier molecular flexibility index (Phi) is 4.10. The third kappa shape index (κ3) is 3.17. The Labute approximate surface area is 110 Å². The zero-order valence-electron chi connectivity index (χ0n) is 10.1. The van der Waals surface area contributed by atoms with Gasteiger partial charge >= 0.3 is 0 Å². The summed E-state index contributed by atoms with van der Waals surface area (Å²) in [5.74, 6) is -0.317. The third-order valence-corrected chi connectivity index (χ3v) is 3.40. The first-order chi connectivity index (χ1) is 8.69.